The van der Waals surface area contributed by atoms with E-state index in [0.717, 1.165) is 52.9 Å². The topological polar surface area (TPSA) is 86.8 Å². The van der Waals surface area contributed by atoms with Gasteiger partial charge in [-0.3, -0.25) is 13.9 Å². The van der Waals surface area contributed by atoms with Gasteiger partial charge in [0, 0.05) is 12.6 Å². The zero-order valence-electron chi connectivity index (χ0n) is 23.7. The van der Waals surface area contributed by atoms with Gasteiger partial charge in [-0.05, 0) is 54.9 Å². The molecule has 1 atom stereocenters. The fourth-order valence-electron chi connectivity index (χ4n) is 5.04. The van der Waals surface area contributed by atoms with E-state index in [9.17, 15) is 18.0 Å². The first-order valence-corrected chi connectivity index (χ1v) is 15.4. The Morgan fingerprint density at radius 2 is 1.68 bits per heavy atom. The summed E-state index contributed by atoms with van der Waals surface area (Å²) in [5, 5.41) is 3.13. The first kappa shape index (κ1) is 29.7. The molecule has 1 fully saturated rings. The molecule has 2 amide bonds. The number of amides is 2. The molecule has 1 saturated carbocycles. The number of nitrogens with zero attached hydrogens (tertiary/aromatic N) is 2. The van der Waals surface area contributed by atoms with Crippen LogP contribution in [0.15, 0.2) is 48.5 Å². The molecule has 8 heteroatoms. The number of nitrogens with one attached hydrogen (secondary N) is 1. The van der Waals surface area contributed by atoms with E-state index >= 15 is 0 Å². The largest absolute Gasteiger partial charge is 0.352 e. The molecule has 0 aliphatic heterocycles. The smallest absolute Gasteiger partial charge is 0.244 e. The molecule has 208 valence electrons. The summed E-state index contributed by atoms with van der Waals surface area (Å²) >= 11 is 0. The Morgan fingerprint density at radius 3 is 2.21 bits per heavy atom. The van der Waals surface area contributed by atoms with Crippen LogP contribution in [-0.4, -0.2) is 50.0 Å². The van der Waals surface area contributed by atoms with E-state index in [1.165, 1.54) is 0 Å². The molecule has 0 aromatic heterocycles. The highest BCUT2D eigenvalue weighted by atomic mass is 32.2. The summed E-state index contributed by atoms with van der Waals surface area (Å²) in [4.78, 5) is 28.8. The number of anilines is 1. The molecule has 2 aromatic carbocycles. The SMILES string of the molecule is CCC(C(=O)NC1CCCC1)N(Cc1cccc(C)c1)C(=O)CN(c1ccc(C(C)(C)C)cc1)S(C)(=O)=O. The lowest BCUT2D eigenvalue weighted by molar-refractivity contribution is -0.140. The molecule has 1 aliphatic rings. The Balaban J connectivity index is 1.92. The van der Waals surface area contributed by atoms with Gasteiger partial charge in [0.1, 0.15) is 12.6 Å². The van der Waals surface area contributed by atoms with Gasteiger partial charge in [-0.25, -0.2) is 8.42 Å². The maximum atomic E-state index is 13.9. The number of sulfonamides is 1. The molecule has 1 aliphatic carbocycles. The van der Waals surface area contributed by atoms with Gasteiger partial charge in [-0.1, -0.05) is 82.5 Å². The van der Waals surface area contributed by atoms with Crippen LogP contribution in [0.5, 0.6) is 0 Å². The van der Waals surface area contributed by atoms with Crippen LogP contribution in [0, 0.1) is 6.92 Å². The summed E-state index contributed by atoms with van der Waals surface area (Å²) in [6.45, 7) is 9.96. The quantitative estimate of drug-likeness (QED) is 0.462. The van der Waals surface area contributed by atoms with Crippen LogP contribution >= 0.6 is 0 Å². The van der Waals surface area contributed by atoms with Crippen LogP contribution in [0.3, 0.4) is 0 Å². The summed E-state index contributed by atoms with van der Waals surface area (Å²) in [6.07, 6.45) is 5.60. The second-order valence-corrected chi connectivity index (χ2v) is 13.4. The summed E-state index contributed by atoms with van der Waals surface area (Å²) in [6, 6.07) is 14.5. The first-order valence-electron chi connectivity index (χ1n) is 13.5. The van der Waals surface area contributed by atoms with Crippen molar-refractivity contribution in [1.82, 2.24) is 10.2 Å². The Labute approximate surface area is 228 Å². The zero-order chi connectivity index (χ0) is 28.1. The lowest BCUT2D eigenvalue weighted by atomic mass is 9.87. The van der Waals surface area contributed by atoms with Crippen molar-refractivity contribution >= 4 is 27.5 Å². The summed E-state index contributed by atoms with van der Waals surface area (Å²) in [5.41, 5.74) is 3.35. The first-order chi connectivity index (χ1) is 17.8. The van der Waals surface area contributed by atoms with Gasteiger partial charge >= 0.3 is 0 Å². The molecule has 2 aromatic rings. The zero-order valence-corrected chi connectivity index (χ0v) is 24.5. The average molecular weight is 542 g/mol. The van der Waals surface area contributed by atoms with Crippen molar-refractivity contribution in [3.63, 3.8) is 0 Å². The van der Waals surface area contributed by atoms with E-state index in [1.54, 1.807) is 17.0 Å². The molecule has 0 bridgehead atoms. The number of carbonyl (C=O) groups excluding carboxylic acids is 2. The van der Waals surface area contributed by atoms with Crippen molar-refractivity contribution in [2.45, 2.75) is 90.8 Å². The number of benzene rings is 2. The molecule has 3 rings (SSSR count). The molecule has 0 spiro atoms. The van der Waals surface area contributed by atoms with E-state index in [4.69, 9.17) is 0 Å². The van der Waals surface area contributed by atoms with E-state index < -0.39 is 22.0 Å². The second-order valence-electron chi connectivity index (χ2n) is 11.5. The summed E-state index contributed by atoms with van der Waals surface area (Å²) in [7, 11) is -3.76. The van der Waals surface area contributed by atoms with Crippen molar-refractivity contribution in [2.75, 3.05) is 17.1 Å². The molecule has 7 nitrogen and oxygen atoms in total. The van der Waals surface area contributed by atoms with Crippen LogP contribution in [0.25, 0.3) is 0 Å². The normalized spacial score (nSPS) is 15.2. The average Bonchev–Trinajstić information content (AvgIpc) is 3.34. The number of carbonyl (C=O) groups is 2. The van der Waals surface area contributed by atoms with E-state index in [-0.39, 0.29) is 30.5 Å². The molecule has 0 heterocycles. The van der Waals surface area contributed by atoms with Gasteiger partial charge < -0.3 is 10.2 Å². The molecule has 1 N–H and O–H groups in total. The lowest BCUT2D eigenvalue weighted by Gasteiger charge is -2.33. The van der Waals surface area contributed by atoms with Crippen LogP contribution in [-0.2, 0) is 31.6 Å². The Kier molecular flexibility index (Phi) is 9.63. The van der Waals surface area contributed by atoms with Gasteiger partial charge in [0.05, 0.1) is 11.9 Å². The van der Waals surface area contributed by atoms with Crippen molar-refractivity contribution in [3.05, 3.63) is 65.2 Å². The predicted molar refractivity (Wildman–Crippen MR) is 154 cm³/mol. The van der Waals surface area contributed by atoms with Gasteiger partial charge in [0.2, 0.25) is 21.8 Å². The van der Waals surface area contributed by atoms with Crippen molar-refractivity contribution in [2.24, 2.45) is 0 Å². The molecular weight excluding hydrogens is 498 g/mol. The number of rotatable bonds is 10. The fraction of sp³-hybridized carbons (Fsp3) is 0.533. The molecule has 0 saturated heterocycles. The third-order valence-electron chi connectivity index (χ3n) is 7.22. The Bertz CT molecular complexity index is 1210. The number of aryl methyl sites for hydroxylation is 1. The standard InChI is InChI=1S/C30H43N3O4S/c1-7-27(29(35)31-25-13-8-9-14-25)32(20-23-12-10-11-22(2)19-23)28(34)21-33(38(6,36)37)26-17-15-24(16-18-26)30(3,4)5/h10-12,15-19,25,27H,7-9,13-14,20-21H2,1-6H3,(H,31,35). The second kappa shape index (κ2) is 12.3. The predicted octanol–water partition coefficient (Wildman–Crippen LogP) is 4.92. The van der Waals surface area contributed by atoms with Gasteiger partial charge in [0.25, 0.3) is 0 Å². The van der Waals surface area contributed by atoms with Gasteiger partial charge in [0.15, 0.2) is 0 Å². The molecule has 0 radical (unpaired) electrons. The third-order valence-corrected chi connectivity index (χ3v) is 8.36. The van der Waals surface area contributed by atoms with E-state index in [0.29, 0.717) is 12.1 Å². The maximum Gasteiger partial charge on any atom is 0.244 e. The lowest BCUT2D eigenvalue weighted by Crippen LogP contribution is -2.53. The summed E-state index contributed by atoms with van der Waals surface area (Å²) < 4.78 is 26.8. The van der Waals surface area contributed by atoms with E-state index in [2.05, 4.69) is 26.1 Å². The van der Waals surface area contributed by atoms with Crippen LogP contribution in [0.2, 0.25) is 0 Å². The monoisotopic (exact) mass is 541 g/mol. The minimum absolute atomic E-state index is 0.0874. The van der Waals surface area contributed by atoms with Gasteiger partial charge in [-0.15, -0.1) is 0 Å². The summed E-state index contributed by atoms with van der Waals surface area (Å²) in [5.74, 6) is -0.592. The van der Waals surface area contributed by atoms with Gasteiger partial charge in [-0.2, -0.15) is 0 Å². The highest BCUT2D eigenvalue weighted by Gasteiger charge is 2.33. The van der Waals surface area contributed by atoms with Crippen molar-refractivity contribution in [1.29, 1.82) is 0 Å². The van der Waals surface area contributed by atoms with Crippen molar-refractivity contribution in [3.8, 4) is 0 Å². The third kappa shape index (κ3) is 7.82. The minimum atomic E-state index is -3.76. The number of hydrogen-bond donors (Lipinski definition) is 1. The molecule has 1 unspecified atom stereocenters. The minimum Gasteiger partial charge on any atom is -0.352 e. The fourth-order valence-corrected chi connectivity index (χ4v) is 5.89. The maximum absolute atomic E-state index is 13.9. The van der Waals surface area contributed by atoms with Crippen LogP contribution < -0.4 is 9.62 Å². The molecule has 38 heavy (non-hydrogen) atoms. The highest BCUT2D eigenvalue weighted by molar-refractivity contribution is 7.92. The number of hydrogen-bond acceptors (Lipinski definition) is 4. The van der Waals surface area contributed by atoms with Crippen LogP contribution in [0.4, 0.5) is 5.69 Å². The Morgan fingerprint density at radius 1 is 1.05 bits per heavy atom. The van der Waals surface area contributed by atoms with Crippen molar-refractivity contribution < 1.29 is 18.0 Å². The molecular formula is C30H43N3O4S. The Hall–Kier alpha value is -2.87. The van der Waals surface area contributed by atoms with Crippen LogP contribution in [0.1, 0.15) is 76.5 Å². The van der Waals surface area contributed by atoms with E-state index in [1.807, 2.05) is 50.2 Å². The highest BCUT2D eigenvalue weighted by Crippen LogP contribution is 2.26.